The van der Waals surface area contributed by atoms with Crippen LogP contribution in [-0.4, -0.2) is 17.8 Å². The Morgan fingerprint density at radius 2 is 1.94 bits per heavy atom. The highest BCUT2D eigenvalue weighted by molar-refractivity contribution is 5.55. The zero-order chi connectivity index (χ0) is 12.1. The number of aldehydes is 1. The molecular weight excluding hydrogens is 206 g/mol. The average Bonchev–Trinajstić information content (AvgIpc) is 2.26. The van der Waals surface area contributed by atoms with Gasteiger partial charge in [0, 0.05) is 10.8 Å². The van der Waals surface area contributed by atoms with E-state index in [0.29, 0.717) is 0 Å². The van der Waals surface area contributed by atoms with Gasteiger partial charge in [0.1, 0.15) is 6.29 Å². The lowest BCUT2D eigenvalue weighted by Crippen LogP contribution is -2.20. The summed E-state index contributed by atoms with van der Waals surface area (Å²) in [5, 5.41) is 10.6. The fourth-order valence-electron chi connectivity index (χ4n) is 1.64. The van der Waals surface area contributed by atoms with E-state index in [1.807, 2.05) is 31.2 Å². The van der Waals surface area contributed by atoms with E-state index in [-0.39, 0.29) is 23.3 Å². The molecule has 2 atom stereocenters. The molecule has 0 spiro atoms. The van der Waals surface area contributed by atoms with Gasteiger partial charge in [-0.3, -0.25) is 10.1 Å². The first-order valence-corrected chi connectivity index (χ1v) is 5.18. The summed E-state index contributed by atoms with van der Waals surface area (Å²) in [7, 11) is 0. The molecule has 0 radical (unpaired) electrons. The normalized spacial score (nSPS) is 14.1. The summed E-state index contributed by atoms with van der Waals surface area (Å²) in [5.41, 5.74) is 1.95. The second kappa shape index (κ2) is 5.39. The lowest BCUT2D eigenvalue weighted by atomic mass is 9.88. The van der Waals surface area contributed by atoms with Crippen molar-refractivity contribution >= 4 is 6.29 Å². The maximum absolute atomic E-state index is 10.7. The fraction of sp³-hybridized carbons (Fsp3) is 0.417. The van der Waals surface area contributed by atoms with Crippen LogP contribution in [0.4, 0.5) is 0 Å². The Labute approximate surface area is 94.4 Å². The molecule has 0 saturated carbocycles. The predicted octanol–water partition coefficient (Wildman–Crippen LogP) is 2.19. The van der Waals surface area contributed by atoms with Gasteiger partial charge < -0.3 is 4.79 Å². The van der Waals surface area contributed by atoms with Gasteiger partial charge in [0.2, 0.25) is 6.54 Å². The highest BCUT2D eigenvalue weighted by atomic mass is 16.6. The van der Waals surface area contributed by atoms with Crippen LogP contribution in [0.15, 0.2) is 24.3 Å². The Bertz CT molecular complexity index is 372. The van der Waals surface area contributed by atoms with Gasteiger partial charge in [0.05, 0.1) is 5.92 Å². The van der Waals surface area contributed by atoms with Gasteiger partial charge in [-0.05, 0) is 12.5 Å². The number of rotatable bonds is 5. The van der Waals surface area contributed by atoms with Crippen LogP contribution in [0.5, 0.6) is 0 Å². The number of hydrogen-bond donors (Lipinski definition) is 0. The van der Waals surface area contributed by atoms with Gasteiger partial charge in [-0.25, -0.2) is 0 Å². The van der Waals surface area contributed by atoms with Gasteiger partial charge >= 0.3 is 0 Å². The molecule has 16 heavy (non-hydrogen) atoms. The van der Waals surface area contributed by atoms with Crippen molar-refractivity contribution in [3.8, 4) is 0 Å². The molecule has 0 heterocycles. The van der Waals surface area contributed by atoms with E-state index in [0.717, 1.165) is 17.4 Å². The van der Waals surface area contributed by atoms with Crippen LogP contribution >= 0.6 is 0 Å². The third kappa shape index (κ3) is 3.15. The molecule has 86 valence electrons. The molecule has 0 bridgehead atoms. The van der Waals surface area contributed by atoms with Crippen molar-refractivity contribution in [3.05, 3.63) is 45.5 Å². The topological polar surface area (TPSA) is 60.2 Å². The average molecular weight is 221 g/mol. The van der Waals surface area contributed by atoms with Gasteiger partial charge in [0.25, 0.3) is 0 Å². The van der Waals surface area contributed by atoms with E-state index < -0.39 is 0 Å². The molecule has 0 aliphatic heterocycles. The van der Waals surface area contributed by atoms with E-state index in [4.69, 9.17) is 0 Å². The number of aryl methyl sites for hydroxylation is 1. The standard InChI is InChI=1S/C12H15NO3/c1-9-3-5-11(6-4-9)12(7-13(15)16)10(2)8-14/h3-6,8,10,12H,7H2,1-2H3/t10-,12-/m0/s1. The van der Waals surface area contributed by atoms with Gasteiger partial charge in [0.15, 0.2) is 0 Å². The molecule has 0 aromatic heterocycles. The maximum atomic E-state index is 10.7. The molecule has 0 aliphatic rings. The molecule has 0 amide bonds. The zero-order valence-corrected chi connectivity index (χ0v) is 9.42. The molecule has 1 aromatic rings. The summed E-state index contributed by atoms with van der Waals surface area (Å²) in [6.45, 7) is 3.46. The molecule has 0 aliphatic carbocycles. The number of nitro groups is 1. The van der Waals surface area contributed by atoms with Crippen molar-refractivity contribution in [1.29, 1.82) is 0 Å². The van der Waals surface area contributed by atoms with Crippen LogP contribution in [0.1, 0.15) is 24.0 Å². The van der Waals surface area contributed by atoms with Crippen LogP contribution in [0.2, 0.25) is 0 Å². The number of nitrogens with zero attached hydrogens (tertiary/aromatic N) is 1. The molecule has 0 saturated heterocycles. The molecule has 1 rings (SSSR count). The van der Waals surface area contributed by atoms with Crippen molar-refractivity contribution in [2.24, 2.45) is 5.92 Å². The van der Waals surface area contributed by atoms with Crippen molar-refractivity contribution in [1.82, 2.24) is 0 Å². The number of benzene rings is 1. The zero-order valence-electron chi connectivity index (χ0n) is 9.42. The van der Waals surface area contributed by atoms with Crippen molar-refractivity contribution < 1.29 is 9.72 Å². The van der Waals surface area contributed by atoms with E-state index in [1.165, 1.54) is 0 Å². The summed E-state index contributed by atoms with van der Waals surface area (Å²) in [4.78, 5) is 20.9. The second-order valence-corrected chi connectivity index (χ2v) is 4.03. The van der Waals surface area contributed by atoms with E-state index in [1.54, 1.807) is 6.92 Å². The summed E-state index contributed by atoms with van der Waals surface area (Å²) in [5.74, 6) is -0.679. The highest BCUT2D eigenvalue weighted by Gasteiger charge is 2.23. The van der Waals surface area contributed by atoms with Gasteiger partial charge in [-0.15, -0.1) is 0 Å². The van der Waals surface area contributed by atoms with E-state index in [2.05, 4.69) is 0 Å². The largest absolute Gasteiger partial charge is 0.303 e. The number of hydrogen-bond acceptors (Lipinski definition) is 3. The summed E-state index contributed by atoms with van der Waals surface area (Å²) < 4.78 is 0. The number of carbonyl (C=O) groups excluding carboxylic acids is 1. The Morgan fingerprint density at radius 1 is 1.38 bits per heavy atom. The Kier molecular flexibility index (Phi) is 4.17. The molecule has 0 N–H and O–H groups in total. The van der Waals surface area contributed by atoms with E-state index in [9.17, 15) is 14.9 Å². The van der Waals surface area contributed by atoms with Crippen LogP contribution in [0.25, 0.3) is 0 Å². The molecular formula is C12H15NO3. The third-order valence-electron chi connectivity index (χ3n) is 2.70. The molecule has 0 unspecified atom stereocenters. The lowest BCUT2D eigenvalue weighted by molar-refractivity contribution is -0.484. The summed E-state index contributed by atoms with van der Waals surface area (Å²) >= 11 is 0. The Morgan fingerprint density at radius 3 is 2.38 bits per heavy atom. The van der Waals surface area contributed by atoms with Crippen LogP contribution in [-0.2, 0) is 4.79 Å². The fourth-order valence-corrected chi connectivity index (χ4v) is 1.64. The third-order valence-corrected chi connectivity index (χ3v) is 2.70. The first kappa shape index (κ1) is 12.4. The minimum Gasteiger partial charge on any atom is -0.303 e. The highest BCUT2D eigenvalue weighted by Crippen LogP contribution is 2.23. The van der Waals surface area contributed by atoms with Gasteiger partial charge in [-0.1, -0.05) is 36.8 Å². The SMILES string of the molecule is Cc1ccc([C@@H](C[N+](=O)[O-])[C@@H](C)C=O)cc1. The minimum atomic E-state index is -0.371. The van der Waals surface area contributed by atoms with Crippen LogP contribution in [0, 0.1) is 23.0 Å². The first-order chi connectivity index (χ1) is 7.54. The van der Waals surface area contributed by atoms with Gasteiger partial charge in [-0.2, -0.15) is 0 Å². The molecule has 0 fully saturated rings. The molecule has 1 aromatic carbocycles. The first-order valence-electron chi connectivity index (χ1n) is 5.18. The second-order valence-electron chi connectivity index (χ2n) is 4.03. The number of carbonyl (C=O) groups is 1. The van der Waals surface area contributed by atoms with Crippen LogP contribution in [0.3, 0.4) is 0 Å². The summed E-state index contributed by atoms with van der Waals surface area (Å²) in [6.07, 6.45) is 0.772. The van der Waals surface area contributed by atoms with Crippen molar-refractivity contribution in [2.45, 2.75) is 19.8 Å². The van der Waals surface area contributed by atoms with Crippen LogP contribution < -0.4 is 0 Å². The maximum Gasteiger partial charge on any atom is 0.211 e. The molecule has 4 heteroatoms. The summed E-state index contributed by atoms with van der Waals surface area (Å²) in [6, 6.07) is 7.51. The molecule has 4 nitrogen and oxygen atoms in total. The Hall–Kier alpha value is -1.71. The Balaban J connectivity index is 2.95. The smallest absolute Gasteiger partial charge is 0.211 e. The monoisotopic (exact) mass is 221 g/mol. The quantitative estimate of drug-likeness (QED) is 0.435. The predicted molar refractivity (Wildman–Crippen MR) is 61.0 cm³/mol. The van der Waals surface area contributed by atoms with Crippen molar-refractivity contribution in [2.75, 3.05) is 6.54 Å². The van der Waals surface area contributed by atoms with Crippen molar-refractivity contribution in [3.63, 3.8) is 0 Å². The van der Waals surface area contributed by atoms with E-state index >= 15 is 0 Å². The lowest BCUT2D eigenvalue weighted by Gasteiger charge is -2.16. The minimum absolute atomic E-state index is 0.205.